The summed E-state index contributed by atoms with van der Waals surface area (Å²) in [5.41, 5.74) is -0.265. The van der Waals surface area contributed by atoms with Crippen LogP contribution in [0.15, 0.2) is 12.3 Å². The van der Waals surface area contributed by atoms with Gasteiger partial charge in [-0.3, -0.25) is 11.7 Å². The quantitative estimate of drug-likeness (QED) is 0.554. The number of carboxylic acids is 1. The minimum atomic E-state index is -2.71. The molecule has 20 heavy (non-hydrogen) atoms. The number of hydrogen-bond donors (Lipinski definition) is 3. The molecule has 0 aliphatic carbocycles. The highest BCUT2D eigenvalue weighted by atomic mass is 19.3. The van der Waals surface area contributed by atoms with E-state index in [-0.39, 0.29) is 37.3 Å². The molecule has 1 aliphatic rings. The second kappa shape index (κ2) is 6.53. The van der Waals surface area contributed by atoms with Crippen LogP contribution in [0.3, 0.4) is 0 Å². The summed E-state index contributed by atoms with van der Waals surface area (Å²) >= 11 is 0. The van der Waals surface area contributed by atoms with Crippen LogP contribution in [0.25, 0.3) is 0 Å². The lowest BCUT2D eigenvalue weighted by Crippen LogP contribution is -2.40. The highest BCUT2D eigenvalue weighted by molar-refractivity contribution is 5.87. The van der Waals surface area contributed by atoms with Gasteiger partial charge in [-0.1, -0.05) is 0 Å². The molecule has 1 aromatic heterocycles. The molecule has 0 spiro atoms. The van der Waals surface area contributed by atoms with E-state index in [9.17, 15) is 18.0 Å². The third kappa shape index (κ3) is 3.81. The molecular weight excluding hydrogens is 277 g/mol. The molecular formula is C11H15F3N4O2. The van der Waals surface area contributed by atoms with Crippen molar-refractivity contribution in [2.45, 2.75) is 18.8 Å². The van der Waals surface area contributed by atoms with Crippen molar-refractivity contribution < 1.29 is 23.1 Å². The Morgan fingerprint density at radius 2 is 1.90 bits per heavy atom. The Hall–Kier alpha value is -1.87. The SMILES string of the molecule is NN.O=C(O)c1cnc(N2CCC(F)(F)CC2)c(F)c1. The summed E-state index contributed by atoms with van der Waals surface area (Å²) in [6, 6.07) is 0.845. The van der Waals surface area contributed by atoms with Gasteiger partial charge >= 0.3 is 5.97 Å². The number of aromatic nitrogens is 1. The normalized spacial score (nSPS) is 17.1. The first-order chi connectivity index (χ1) is 9.39. The van der Waals surface area contributed by atoms with Crippen molar-refractivity contribution in [3.63, 3.8) is 0 Å². The average Bonchev–Trinajstić information content (AvgIpc) is 2.41. The Bertz CT molecular complexity index is 475. The number of hydrogen-bond acceptors (Lipinski definition) is 5. The Morgan fingerprint density at radius 1 is 1.35 bits per heavy atom. The number of aromatic carboxylic acids is 1. The molecule has 0 saturated carbocycles. The number of rotatable bonds is 2. The van der Waals surface area contributed by atoms with Gasteiger partial charge in [0.2, 0.25) is 0 Å². The van der Waals surface area contributed by atoms with Crippen molar-refractivity contribution in [3.05, 3.63) is 23.6 Å². The monoisotopic (exact) mass is 292 g/mol. The number of carboxylic acid groups (broad SMARTS) is 1. The van der Waals surface area contributed by atoms with E-state index < -0.39 is 17.7 Å². The molecule has 0 bridgehead atoms. The van der Waals surface area contributed by atoms with E-state index >= 15 is 0 Å². The van der Waals surface area contributed by atoms with Crippen LogP contribution in [0, 0.1) is 5.82 Å². The van der Waals surface area contributed by atoms with E-state index in [4.69, 9.17) is 5.11 Å². The Balaban J connectivity index is 0.000000956. The zero-order chi connectivity index (χ0) is 15.3. The van der Waals surface area contributed by atoms with E-state index in [1.54, 1.807) is 0 Å². The fourth-order valence-electron chi connectivity index (χ4n) is 1.83. The molecule has 0 amide bonds. The number of alkyl halides is 2. The van der Waals surface area contributed by atoms with Crippen molar-refractivity contribution in [2.75, 3.05) is 18.0 Å². The fourth-order valence-corrected chi connectivity index (χ4v) is 1.83. The summed E-state index contributed by atoms with van der Waals surface area (Å²) in [4.78, 5) is 15.7. The molecule has 0 aromatic carbocycles. The van der Waals surface area contributed by atoms with Gasteiger partial charge < -0.3 is 10.0 Å². The maximum atomic E-state index is 13.6. The van der Waals surface area contributed by atoms with Crippen molar-refractivity contribution >= 4 is 11.8 Å². The predicted octanol–water partition coefficient (Wildman–Crippen LogP) is 0.973. The molecule has 2 rings (SSSR count). The lowest BCUT2D eigenvalue weighted by molar-refractivity contribution is -0.0222. The van der Waals surface area contributed by atoms with Crippen molar-refractivity contribution in [2.24, 2.45) is 11.7 Å². The lowest BCUT2D eigenvalue weighted by Gasteiger charge is -2.32. The third-order valence-electron chi connectivity index (χ3n) is 2.86. The highest BCUT2D eigenvalue weighted by Gasteiger charge is 2.35. The molecule has 6 nitrogen and oxygen atoms in total. The van der Waals surface area contributed by atoms with Gasteiger partial charge in [0, 0.05) is 32.1 Å². The Labute approximate surface area is 113 Å². The van der Waals surface area contributed by atoms with Gasteiger partial charge in [0.1, 0.15) is 0 Å². The minimum Gasteiger partial charge on any atom is -0.478 e. The van der Waals surface area contributed by atoms with E-state index in [0.717, 1.165) is 12.3 Å². The number of halogens is 3. The summed E-state index contributed by atoms with van der Waals surface area (Å²) < 4.78 is 39.5. The summed E-state index contributed by atoms with van der Waals surface area (Å²) in [5, 5.41) is 8.66. The summed E-state index contributed by atoms with van der Waals surface area (Å²) in [5.74, 6) is 3.13. The molecule has 1 fully saturated rings. The average molecular weight is 292 g/mol. The van der Waals surface area contributed by atoms with Crippen LogP contribution in [0.5, 0.6) is 0 Å². The fraction of sp³-hybridized carbons (Fsp3) is 0.455. The molecule has 1 aliphatic heterocycles. The zero-order valence-electron chi connectivity index (χ0n) is 10.5. The second-order valence-electron chi connectivity index (χ2n) is 4.18. The number of nitrogens with two attached hydrogens (primary N) is 2. The smallest absolute Gasteiger partial charge is 0.337 e. The molecule has 1 saturated heterocycles. The van der Waals surface area contributed by atoms with Crippen LogP contribution in [0.2, 0.25) is 0 Å². The number of pyridine rings is 1. The van der Waals surface area contributed by atoms with Crippen LogP contribution in [0.1, 0.15) is 23.2 Å². The third-order valence-corrected chi connectivity index (χ3v) is 2.86. The van der Waals surface area contributed by atoms with Crippen LogP contribution < -0.4 is 16.6 Å². The van der Waals surface area contributed by atoms with Crippen molar-refractivity contribution in [1.82, 2.24) is 4.98 Å². The van der Waals surface area contributed by atoms with Gasteiger partial charge in [-0.25, -0.2) is 22.9 Å². The molecule has 0 radical (unpaired) electrons. The molecule has 9 heteroatoms. The molecule has 2 heterocycles. The number of carbonyl (C=O) groups is 1. The Kier molecular flexibility index (Phi) is 5.28. The van der Waals surface area contributed by atoms with Crippen molar-refractivity contribution in [1.29, 1.82) is 0 Å². The second-order valence-corrected chi connectivity index (χ2v) is 4.18. The van der Waals surface area contributed by atoms with Gasteiger partial charge in [0.25, 0.3) is 5.92 Å². The van der Waals surface area contributed by atoms with E-state index in [1.165, 1.54) is 4.90 Å². The van der Waals surface area contributed by atoms with Gasteiger partial charge in [-0.05, 0) is 6.07 Å². The summed E-state index contributed by atoms with van der Waals surface area (Å²) in [6.07, 6.45) is 0.317. The minimum absolute atomic E-state index is 0.00331. The molecule has 112 valence electrons. The van der Waals surface area contributed by atoms with Crippen LogP contribution in [-0.4, -0.2) is 35.1 Å². The molecule has 1 aromatic rings. The van der Waals surface area contributed by atoms with Gasteiger partial charge in [0.15, 0.2) is 11.6 Å². The first-order valence-electron chi connectivity index (χ1n) is 5.74. The molecule has 5 N–H and O–H groups in total. The summed E-state index contributed by atoms with van der Waals surface area (Å²) in [7, 11) is 0. The van der Waals surface area contributed by atoms with Crippen LogP contribution >= 0.6 is 0 Å². The molecule has 0 unspecified atom stereocenters. The largest absolute Gasteiger partial charge is 0.478 e. The van der Waals surface area contributed by atoms with Gasteiger partial charge in [0.05, 0.1) is 5.56 Å². The Morgan fingerprint density at radius 3 is 2.35 bits per heavy atom. The van der Waals surface area contributed by atoms with E-state index in [0.29, 0.717) is 0 Å². The maximum Gasteiger partial charge on any atom is 0.337 e. The first-order valence-corrected chi connectivity index (χ1v) is 5.74. The lowest BCUT2D eigenvalue weighted by atomic mass is 10.1. The van der Waals surface area contributed by atoms with Gasteiger partial charge in [-0.15, -0.1) is 0 Å². The maximum absolute atomic E-state index is 13.6. The van der Waals surface area contributed by atoms with Crippen LogP contribution in [0.4, 0.5) is 19.0 Å². The van der Waals surface area contributed by atoms with Gasteiger partial charge in [-0.2, -0.15) is 0 Å². The number of nitrogens with zero attached hydrogens (tertiary/aromatic N) is 2. The summed E-state index contributed by atoms with van der Waals surface area (Å²) in [6.45, 7) is 0.00662. The highest BCUT2D eigenvalue weighted by Crippen LogP contribution is 2.30. The van der Waals surface area contributed by atoms with E-state index in [1.807, 2.05) is 0 Å². The van der Waals surface area contributed by atoms with E-state index in [2.05, 4.69) is 16.7 Å². The standard InChI is InChI=1S/C11H11F3N2O2.H4N2/c12-8-5-7(10(17)18)6-15-9(8)16-3-1-11(13,14)2-4-16;1-2/h5-6H,1-4H2,(H,17,18);1-2H2. The number of anilines is 1. The van der Waals surface area contributed by atoms with Crippen molar-refractivity contribution in [3.8, 4) is 0 Å². The zero-order valence-corrected chi connectivity index (χ0v) is 10.5. The predicted molar refractivity (Wildman–Crippen MR) is 65.9 cm³/mol. The number of piperidine rings is 1. The molecule has 0 atom stereocenters. The first kappa shape index (κ1) is 16.2. The topological polar surface area (TPSA) is 105 Å². The number of hydrazine groups is 1. The van der Waals surface area contributed by atoms with Crippen LogP contribution in [-0.2, 0) is 0 Å².